The summed E-state index contributed by atoms with van der Waals surface area (Å²) in [6.45, 7) is 10.0. The Bertz CT molecular complexity index is 1060. The lowest BCUT2D eigenvalue weighted by atomic mass is 9.91. The van der Waals surface area contributed by atoms with E-state index >= 15 is 0 Å². The van der Waals surface area contributed by atoms with E-state index < -0.39 is 0 Å². The zero-order chi connectivity index (χ0) is 22.7. The SMILES string of the molecule is CCC1=C2C(=c3cc(OC(=O)CC(C)C)c(OC(=O)CC(C)C)cc3=CN2C)CC=C1. The van der Waals surface area contributed by atoms with Gasteiger partial charge in [0.2, 0.25) is 0 Å². The van der Waals surface area contributed by atoms with Crippen molar-refractivity contribution in [1.29, 1.82) is 0 Å². The molecule has 1 aliphatic heterocycles. The van der Waals surface area contributed by atoms with Crippen LogP contribution >= 0.6 is 0 Å². The molecule has 2 aliphatic rings. The van der Waals surface area contributed by atoms with E-state index in [-0.39, 0.29) is 23.8 Å². The predicted octanol–water partition coefficient (Wildman–Crippen LogP) is 4.05. The van der Waals surface area contributed by atoms with Crippen LogP contribution in [0.4, 0.5) is 0 Å². The van der Waals surface area contributed by atoms with Gasteiger partial charge in [-0.15, -0.1) is 0 Å². The molecule has 0 fully saturated rings. The first-order valence-corrected chi connectivity index (χ1v) is 11.1. The Morgan fingerprint density at radius 2 is 1.58 bits per heavy atom. The fourth-order valence-corrected chi connectivity index (χ4v) is 4.02. The molecule has 1 aromatic carbocycles. The zero-order valence-corrected chi connectivity index (χ0v) is 19.5. The van der Waals surface area contributed by atoms with E-state index in [0.29, 0.717) is 24.3 Å². The molecule has 5 nitrogen and oxygen atoms in total. The normalized spacial score (nSPS) is 15.1. The van der Waals surface area contributed by atoms with Crippen LogP contribution in [0.3, 0.4) is 0 Å². The maximum Gasteiger partial charge on any atom is 0.311 e. The maximum atomic E-state index is 12.4. The summed E-state index contributed by atoms with van der Waals surface area (Å²) in [5.74, 6) is 0.298. The lowest BCUT2D eigenvalue weighted by Gasteiger charge is -2.29. The zero-order valence-electron chi connectivity index (χ0n) is 19.5. The van der Waals surface area contributed by atoms with Gasteiger partial charge >= 0.3 is 11.9 Å². The summed E-state index contributed by atoms with van der Waals surface area (Å²) in [7, 11) is 2.04. The van der Waals surface area contributed by atoms with Gasteiger partial charge in [0, 0.05) is 37.0 Å². The Balaban J connectivity index is 2.14. The maximum absolute atomic E-state index is 12.4. The van der Waals surface area contributed by atoms with E-state index in [1.165, 1.54) is 16.8 Å². The molecule has 0 aromatic heterocycles. The number of ether oxygens (including phenoxy) is 2. The smallest absolute Gasteiger partial charge is 0.311 e. The second kappa shape index (κ2) is 9.54. The second-order valence-electron chi connectivity index (χ2n) is 9.08. The second-order valence-corrected chi connectivity index (χ2v) is 9.08. The molecule has 0 spiro atoms. The van der Waals surface area contributed by atoms with Gasteiger partial charge in [0.15, 0.2) is 11.5 Å². The van der Waals surface area contributed by atoms with Crippen molar-refractivity contribution in [2.45, 2.75) is 60.3 Å². The minimum atomic E-state index is -0.331. The summed E-state index contributed by atoms with van der Waals surface area (Å²) in [4.78, 5) is 26.9. The third-order valence-electron chi connectivity index (χ3n) is 5.34. The first-order chi connectivity index (χ1) is 14.7. The van der Waals surface area contributed by atoms with Gasteiger partial charge in [-0.05, 0) is 53.2 Å². The van der Waals surface area contributed by atoms with Gasteiger partial charge in [0.25, 0.3) is 0 Å². The standard InChI is InChI=1S/C26H33NO4/c1-7-18-9-8-10-20-21-14-23(31-25(29)12-17(4)5)22(30-24(28)11-16(2)3)13-19(21)15-27(6)26(18)20/h8-9,13-17H,7,10-12H2,1-6H3. The highest BCUT2D eigenvalue weighted by Crippen LogP contribution is 2.32. The molecule has 1 aliphatic carbocycles. The summed E-state index contributed by atoms with van der Waals surface area (Å²) >= 11 is 0. The van der Waals surface area contributed by atoms with Crippen molar-refractivity contribution in [2.75, 3.05) is 7.05 Å². The fraction of sp³-hybridized carbons (Fsp3) is 0.462. The van der Waals surface area contributed by atoms with Crippen LogP contribution in [0.15, 0.2) is 35.6 Å². The lowest BCUT2D eigenvalue weighted by molar-refractivity contribution is -0.138. The van der Waals surface area contributed by atoms with E-state index in [4.69, 9.17) is 9.47 Å². The Hall–Kier alpha value is -2.82. The summed E-state index contributed by atoms with van der Waals surface area (Å²) in [6, 6.07) is 3.67. The molecule has 1 heterocycles. The monoisotopic (exact) mass is 423 g/mol. The van der Waals surface area contributed by atoms with E-state index in [2.05, 4.69) is 24.0 Å². The van der Waals surface area contributed by atoms with Gasteiger partial charge in [-0.2, -0.15) is 0 Å². The van der Waals surface area contributed by atoms with Crippen LogP contribution in [0.2, 0.25) is 0 Å². The molecular formula is C26H33NO4. The van der Waals surface area contributed by atoms with Crippen LogP contribution in [0.1, 0.15) is 60.3 Å². The Kier molecular flexibility index (Phi) is 7.04. The van der Waals surface area contributed by atoms with Crippen molar-refractivity contribution in [3.05, 3.63) is 46.0 Å². The Labute approximate surface area is 184 Å². The van der Waals surface area contributed by atoms with E-state index in [0.717, 1.165) is 23.3 Å². The number of carbonyl (C=O) groups is 2. The average molecular weight is 424 g/mol. The van der Waals surface area contributed by atoms with E-state index in [1.54, 1.807) is 0 Å². The van der Waals surface area contributed by atoms with Crippen molar-refractivity contribution in [3.63, 3.8) is 0 Å². The third kappa shape index (κ3) is 5.27. The number of allylic oxidation sites excluding steroid dienone is 4. The highest BCUT2D eigenvalue weighted by Gasteiger charge is 2.23. The van der Waals surface area contributed by atoms with E-state index in [1.807, 2.05) is 53.1 Å². The van der Waals surface area contributed by atoms with Crippen LogP contribution in [-0.2, 0) is 9.59 Å². The predicted molar refractivity (Wildman–Crippen MR) is 123 cm³/mol. The largest absolute Gasteiger partial charge is 0.422 e. The molecule has 1 aromatic rings. The first kappa shape index (κ1) is 22.9. The molecule has 0 N–H and O–H groups in total. The topological polar surface area (TPSA) is 55.8 Å². The molecule has 0 amide bonds. The molecule has 5 heteroatoms. The Morgan fingerprint density at radius 3 is 2.13 bits per heavy atom. The van der Waals surface area contributed by atoms with Crippen LogP contribution in [-0.4, -0.2) is 23.9 Å². The van der Waals surface area contributed by atoms with E-state index in [9.17, 15) is 9.59 Å². The van der Waals surface area contributed by atoms with Crippen molar-refractivity contribution in [1.82, 2.24) is 4.90 Å². The molecule has 0 radical (unpaired) electrons. The lowest BCUT2D eigenvalue weighted by Crippen LogP contribution is -2.37. The molecule has 0 unspecified atom stereocenters. The summed E-state index contributed by atoms with van der Waals surface area (Å²) in [5, 5.41) is 1.96. The van der Waals surface area contributed by atoms with Gasteiger partial charge in [-0.3, -0.25) is 9.59 Å². The van der Waals surface area contributed by atoms with Crippen LogP contribution in [0, 0.1) is 11.8 Å². The van der Waals surface area contributed by atoms with Crippen molar-refractivity contribution in [3.8, 4) is 11.5 Å². The number of carbonyl (C=O) groups excluding carboxylic acids is 2. The van der Waals surface area contributed by atoms with Gasteiger partial charge < -0.3 is 14.4 Å². The van der Waals surface area contributed by atoms with Gasteiger partial charge in [0.1, 0.15) is 0 Å². The van der Waals surface area contributed by atoms with Crippen LogP contribution in [0.5, 0.6) is 11.5 Å². The van der Waals surface area contributed by atoms with Crippen molar-refractivity contribution in [2.24, 2.45) is 11.8 Å². The minimum absolute atomic E-state index is 0.179. The summed E-state index contributed by atoms with van der Waals surface area (Å²) in [6.07, 6.45) is 8.73. The molecule has 3 rings (SSSR count). The quantitative estimate of drug-likeness (QED) is 0.489. The van der Waals surface area contributed by atoms with Gasteiger partial charge in [0.05, 0.1) is 0 Å². The highest BCUT2D eigenvalue weighted by atomic mass is 16.6. The van der Waals surface area contributed by atoms with Gasteiger partial charge in [-0.1, -0.05) is 46.8 Å². The summed E-state index contributed by atoms with van der Waals surface area (Å²) in [5.41, 5.74) is 3.67. The number of fused-ring (bicyclic) bond motifs is 2. The number of benzene rings is 1. The Morgan fingerprint density at radius 1 is 1.00 bits per heavy atom. The number of nitrogens with zero attached hydrogens (tertiary/aromatic N) is 1. The molecule has 0 saturated carbocycles. The molecule has 31 heavy (non-hydrogen) atoms. The molecule has 0 bridgehead atoms. The van der Waals surface area contributed by atoms with Gasteiger partial charge in [-0.25, -0.2) is 0 Å². The molecular weight excluding hydrogens is 390 g/mol. The molecule has 0 saturated heterocycles. The van der Waals surface area contributed by atoms with Crippen LogP contribution < -0.4 is 19.9 Å². The fourth-order valence-electron chi connectivity index (χ4n) is 4.02. The third-order valence-corrected chi connectivity index (χ3v) is 5.34. The average Bonchev–Trinajstić information content (AvgIpc) is 2.67. The van der Waals surface area contributed by atoms with Crippen LogP contribution in [0.25, 0.3) is 11.8 Å². The van der Waals surface area contributed by atoms with Crippen molar-refractivity contribution >= 4 is 23.7 Å². The molecule has 166 valence electrons. The molecule has 0 atom stereocenters. The summed E-state index contributed by atoms with van der Waals surface area (Å²) < 4.78 is 11.3. The van der Waals surface area contributed by atoms with Crippen molar-refractivity contribution < 1.29 is 19.1 Å². The number of hydrogen-bond donors (Lipinski definition) is 0. The number of rotatable bonds is 7. The number of hydrogen-bond acceptors (Lipinski definition) is 5. The first-order valence-electron chi connectivity index (χ1n) is 11.1. The number of esters is 2. The minimum Gasteiger partial charge on any atom is -0.422 e. The highest BCUT2D eigenvalue weighted by molar-refractivity contribution is 5.78.